The Labute approximate surface area is 220 Å². The van der Waals surface area contributed by atoms with Gasteiger partial charge in [-0.25, -0.2) is 9.68 Å². The average molecular weight is 543 g/mol. The first kappa shape index (κ1) is 35.8. The maximum Gasteiger partial charge on any atom is 0.333 e. The molecule has 0 saturated heterocycles. The van der Waals surface area contributed by atoms with Crippen molar-refractivity contribution in [2.24, 2.45) is 0 Å². The molecule has 0 spiro atoms. The molecule has 37 heavy (non-hydrogen) atoms. The van der Waals surface area contributed by atoms with Crippen molar-refractivity contribution in [1.29, 1.82) is 0 Å². The number of carbonyl (C=O) groups excluding carboxylic acids is 1. The van der Waals surface area contributed by atoms with Gasteiger partial charge < -0.3 is 47.4 Å². The summed E-state index contributed by atoms with van der Waals surface area (Å²) in [6.45, 7) is 13.7. The van der Waals surface area contributed by atoms with E-state index in [2.05, 4.69) is 11.5 Å². The Morgan fingerprint density at radius 2 is 0.676 bits per heavy atom. The number of carbonyl (C=O) groups is 1. The lowest BCUT2D eigenvalue weighted by molar-refractivity contribution is -0.249. The van der Waals surface area contributed by atoms with E-state index in [0.29, 0.717) is 124 Å². The van der Waals surface area contributed by atoms with Crippen molar-refractivity contribution >= 4 is 5.97 Å². The highest BCUT2D eigenvalue weighted by Gasteiger charge is 2.01. The molecule has 0 aromatic rings. The van der Waals surface area contributed by atoms with Crippen molar-refractivity contribution in [1.82, 2.24) is 0 Å². The van der Waals surface area contributed by atoms with Gasteiger partial charge in [-0.1, -0.05) is 6.58 Å². The Hall–Kier alpha value is -1.23. The lowest BCUT2D eigenvalue weighted by atomic mass is 10.4. The second-order valence-corrected chi connectivity index (χ2v) is 7.26. The molecule has 1 N–H and O–H groups in total. The van der Waals surface area contributed by atoms with Crippen molar-refractivity contribution in [3.05, 3.63) is 12.2 Å². The Morgan fingerprint density at radius 3 is 0.892 bits per heavy atom. The molecule has 0 aliphatic carbocycles. The molecule has 0 heterocycles. The van der Waals surface area contributed by atoms with Crippen molar-refractivity contribution in [3.8, 4) is 0 Å². The van der Waals surface area contributed by atoms with E-state index in [1.54, 1.807) is 6.92 Å². The van der Waals surface area contributed by atoms with Gasteiger partial charge in [-0.05, 0) is 6.92 Å². The molecule has 0 atom stereocenters. The standard InChI is InChI=1S/C24H46O13/c1-23(2)24(25)36-21-19-34-17-15-32-13-11-30-9-7-28-5-3-27-4-6-29-8-10-31-12-14-33-16-18-35-20-22-37-26/h26H,1,3-22H2,2H3. The van der Waals surface area contributed by atoms with E-state index < -0.39 is 5.97 Å². The summed E-state index contributed by atoms with van der Waals surface area (Å²) in [4.78, 5) is 15.0. The second kappa shape index (κ2) is 31.0. The van der Waals surface area contributed by atoms with Crippen molar-refractivity contribution in [2.45, 2.75) is 6.92 Å². The zero-order valence-corrected chi connectivity index (χ0v) is 22.2. The summed E-state index contributed by atoms with van der Waals surface area (Å²) in [5.74, 6) is -0.414. The molecule has 0 unspecified atom stereocenters. The molecule has 0 fully saturated rings. The number of hydrogen-bond donors (Lipinski definition) is 1. The van der Waals surface area contributed by atoms with Gasteiger partial charge in [0.25, 0.3) is 0 Å². The van der Waals surface area contributed by atoms with Crippen molar-refractivity contribution in [3.63, 3.8) is 0 Å². The molecule has 0 bridgehead atoms. The minimum Gasteiger partial charge on any atom is -0.460 e. The van der Waals surface area contributed by atoms with E-state index in [1.807, 2.05) is 0 Å². The summed E-state index contributed by atoms with van der Waals surface area (Å²) in [6.07, 6.45) is 0. The summed E-state index contributed by atoms with van der Waals surface area (Å²) in [6, 6.07) is 0. The third-order valence-corrected chi connectivity index (χ3v) is 4.10. The van der Waals surface area contributed by atoms with Crippen LogP contribution in [0, 0.1) is 0 Å². The Morgan fingerprint density at radius 1 is 0.459 bits per heavy atom. The van der Waals surface area contributed by atoms with Crippen LogP contribution in [0.2, 0.25) is 0 Å². The smallest absolute Gasteiger partial charge is 0.333 e. The van der Waals surface area contributed by atoms with Gasteiger partial charge in [-0.15, -0.1) is 0 Å². The maximum absolute atomic E-state index is 11.2. The Kier molecular flexibility index (Phi) is 30.0. The first-order valence-corrected chi connectivity index (χ1v) is 12.5. The molecular weight excluding hydrogens is 496 g/mol. The molecular formula is C24H46O13. The first-order valence-electron chi connectivity index (χ1n) is 12.5. The van der Waals surface area contributed by atoms with Crippen LogP contribution in [0.4, 0.5) is 0 Å². The minimum absolute atomic E-state index is 0.148. The zero-order valence-electron chi connectivity index (χ0n) is 22.2. The van der Waals surface area contributed by atoms with Gasteiger partial charge in [-0.2, -0.15) is 0 Å². The lowest BCUT2D eigenvalue weighted by Gasteiger charge is -2.09. The van der Waals surface area contributed by atoms with Gasteiger partial charge in [0.05, 0.1) is 119 Å². The number of ether oxygens (including phenoxy) is 10. The van der Waals surface area contributed by atoms with E-state index in [-0.39, 0.29) is 13.2 Å². The van der Waals surface area contributed by atoms with Crippen molar-refractivity contribution < 1.29 is 62.3 Å². The van der Waals surface area contributed by atoms with Crippen LogP contribution in [0.5, 0.6) is 0 Å². The summed E-state index contributed by atoms with van der Waals surface area (Å²) in [5, 5.41) is 8.12. The molecule has 0 aromatic heterocycles. The highest BCUT2D eigenvalue weighted by atomic mass is 17.1. The second-order valence-electron chi connectivity index (χ2n) is 7.26. The highest BCUT2D eigenvalue weighted by molar-refractivity contribution is 5.86. The van der Waals surface area contributed by atoms with E-state index in [4.69, 9.17) is 52.6 Å². The first-order chi connectivity index (χ1) is 18.2. The minimum atomic E-state index is -0.414. The van der Waals surface area contributed by atoms with Crippen LogP contribution in [-0.2, 0) is 57.1 Å². The molecule has 13 heteroatoms. The molecule has 0 rings (SSSR count). The monoisotopic (exact) mass is 542 g/mol. The van der Waals surface area contributed by atoms with E-state index >= 15 is 0 Å². The molecule has 0 aliphatic heterocycles. The molecule has 0 saturated carbocycles. The topological polar surface area (TPSA) is 139 Å². The van der Waals surface area contributed by atoms with Crippen LogP contribution < -0.4 is 0 Å². The summed E-state index contributed by atoms with van der Waals surface area (Å²) < 4.78 is 53.1. The van der Waals surface area contributed by atoms with Crippen LogP contribution in [0.15, 0.2) is 12.2 Å². The Bertz CT molecular complexity index is 493. The van der Waals surface area contributed by atoms with Crippen LogP contribution in [0.25, 0.3) is 0 Å². The fourth-order valence-electron chi connectivity index (χ4n) is 2.27. The summed E-state index contributed by atoms with van der Waals surface area (Å²) in [7, 11) is 0. The molecule has 220 valence electrons. The normalized spacial score (nSPS) is 11.2. The quantitative estimate of drug-likeness (QED) is 0.0434. The number of hydrogen-bond acceptors (Lipinski definition) is 13. The molecule has 0 radical (unpaired) electrons. The molecule has 0 aromatic carbocycles. The van der Waals surface area contributed by atoms with Crippen LogP contribution >= 0.6 is 0 Å². The third-order valence-electron chi connectivity index (χ3n) is 4.10. The van der Waals surface area contributed by atoms with Gasteiger partial charge in [0.2, 0.25) is 0 Å². The highest BCUT2D eigenvalue weighted by Crippen LogP contribution is 1.92. The van der Waals surface area contributed by atoms with E-state index in [9.17, 15) is 4.79 Å². The fourth-order valence-corrected chi connectivity index (χ4v) is 2.27. The molecule has 13 nitrogen and oxygen atoms in total. The van der Waals surface area contributed by atoms with Gasteiger partial charge in [0.15, 0.2) is 0 Å². The average Bonchev–Trinajstić information content (AvgIpc) is 2.89. The van der Waals surface area contributed by atoms with E-state index in [0.717, 1.165) is 0 Å². The third kappa shape index (κ3) is 30.9. The largest absolute Gasteiger partial charge is 0.460 e. The number of rotatable bonds is 31. The van der Waals surface area contributed by atoms with Crippen LogP contribution in [0.3, 0.4) is 0 Å². The van der Waals surface area contributed by atoms with Gasteiger partial charge in [-0.3, -0.25) is 5.26 Å². The van der Waals surface area contributed by atoms with Gasteiger partial charge in [0.1, 0.15) is 13.2 Å². The van der Waals surface area contributed by atoms with Crippen LogP contribution in [-0.4, -0.2) is 143 Å². The maximum atomic E-state index is 11.2. The molecule has 0 aliphatic rings. The SMILES string of the molecule is C=C(C)C(=O)OCCOCCOCCOCCOCCOCCOCCOCCOCCOCCOO. The lowest BCUT2D eigenvalue weighted by Crippen LogP contribution is -2.15. The van der Waals surface area contributed by atoms with Crippen molar-refractivity contribution in [2.75, 3.05) is 132 Å². The van der Waals surface area contributed by atoms with Crippen LogP contribution in [0.1, 0.15) is 6.92 Å². The predicted octanol–water partition coefficient (Wildman–Crippen LogP) is 0.745. The summed E-state index contributed by atoms with van der Waals surface area (Å²) >= 11 is 0. The zero-order chi connectivity index (χ0) is 27.1. The number of esters is 1. The van der Waals surface area contributed by atoms with Gasteiger partial charge in [0, 0.05) is 5.57 Å². The summed E-state index contributed by atoms with van der Waals surface area (Å²) in [5.41, 5.74) is 0.368. The van der Waals surface area contributed by atoms with Gasteiger partial charge >= 0.3 is 5.97 Å². The van der Waals surface area contributed by atoms with E-state index in [1.165, 1.54) is 0 Å². The fraction of sp³-hybridized carbons (Fsp3) is 0.875. The predicted molar refractivity (Wildman–Crippen MR) is 132 cm³/mol. The molecule has 0 amide bonds. The Balaban J connectivity index is 3.05.